The summed E-state index contributed by atoms with van der Waals surface area (Å²) in [6, 6.07) is 41.8. The second kappa shape index (κ2) is 9.34. The maximum Gasteiger partial charge on any atom is 0.0354 e. The molecule has 39 heavy (non-hydrogen) atoms. The molecule has 0 fully saturated rings. The van der Waals surface area contributed by atoms with Gasteiger partial charge in [0, 0.05) is 30.6 Å². The van der Waals surface area contributed by atoms with E-state index in [1.165, 1.54) is 65.0 Å². The van der Waals surface area contributed by atoms with Gasteiger partial charge in [-0.1, -0.05) is 97.1 Å². The quantitative estimate of drug-likeness (QED) is 0.131. The third-order valence-corrected chi connectivity index (χ3v) is 7.71. The van der Waals surface area contributed by atoms with E-state index in [0.717, 1.165) is 11.1 Å². The average molecular weight is 499 g/mol. The number of aliphatic imine (C=N–C) groups is 2. The summed E-state index contributed by atoms with van der Waals surface area (Å²) in [7, 11) is 1.79. The molecule has 0 atom stereocenters. The first-order valence-electron chi connectivity index (χ1n) is 13.1. The largest absolute Gasteiger partial charge is 0.296 e. The van der Waals surface area contributed by atoms with Crippen LogP contribution in [0.3, 0.4) is 0 Å². The summed E-state index contributed by atoms with van der Waals surface area (Å²) >= 11 is 0. The van der Waals surface area contributed by atoms with E-state index in [1.54, 1.807) is 13.2 Å². The third kappa shape index (κ3) is 3.65. The number of nitrogens with zero attached hydrogens (tertiary/aromatic N) is 2. The Morgan fingerprint density at radius 2 is 1.08 bits per heavy atom. The summed E-state index contributed by atoms with van der Waals surface area (Å²) in [5.41, 5.74) is 4.56. The molecule has 7 rings (SSSR count). The summed E-state index contributed by atoms with van der Waals surface area (Å²) in [5, 5.41) is 12.3. The summed E-state index contributed by atoms with van der Waals surface area (Å²) in [6.07, 6.45) is 3.68. The highest BCUT2D eigenvalue weighted by Gasteiger charge is 2.19. The minimum absolute atomic E-state index is 0.945. The van der Waals surface area contributed by atoms with E-state index in [0.29, 0.717) is 0 Å². The van der Waals surface area contributed by atoms with Gasteiger partial charge in [-0.2, -0.15) is 0 Å². The molecular weight excluding hydrogens is 472 g/mol. The van der Waals surface area contributed by atoms with Gasteiger partial charge in [0.25, 0.3) is 0 Å². The molecule has 184 valence electrons. The van der Waals surface area contributed by atoms with Crippen LogP contribution in [0.25, 0.3) is 70.6 Å². The van der Waals surface area contributed by atoms with E-state index in [1.807, 2.05) is 6.21 Å². The predicted octanol–water partition coefficient (Wildman–Crippen LogP) is 9.86. The first-order chi connectivity index (χ1) is 19.3. The van der Waals surface area contributed by atoms with Gasteiger partial charge in [-0.3, -0.25) is 9.98 Å². The van der Waals surface area contributed by atoms with Gasteiger partial charge in [-0.25, -0.2) is 0 Å². The molecule has 0 aliphatic rings. The first kappa shape index (κ1) is 23.1. The molecule has 0 heterocycles. The zero-order valence-corrected chi connectivity index (χ0v) is 21.7. The van der Waals surface area contributed by atoms with Crippen LogP contribution in [0.15, 0.2) is 131 Å². The maximum absolute atomic E-state index is 4.35. The summed E-state index contributed by atoms with van der Waals surface area (Å²) in [6.45, 7) is 3.73. The van der Waals surface area contributed by atoms with Crippen LogP contribution in [0.5, 0.6) is 0 Å². The van der Waals surface area contributed by atoms with Crippen LogP contribution in [0.2, 0.25) is 0 Å². The third-order valence-electron chi connectivity index (χ3n) is 7.71. The van der Waals surface area contributed by atoms with Crippen LogP contribution >= 0.6 is 0 Å². The van der Waals surface area contributed by atoms with Crippen LogP contribution in [0, 0.1) is 0 Å². The standard InChI is InChI=1S/C37H26N2/c1-38-22-27(23-39-2)36-29-15-7-9-17-31(29)37(32-18-10-8-16-30(32)36)35-21-26-13-5-6-14-28(26)33-19-24-11-3-4-12-25(24)20-34(33)35/h3-23H,1H2,2H3/b27-22+,39-23-. The smallest absolute Gasteiger partial charge is 0.0354 e. The van der Waals surface area contributed by atoms with Crippen molar-refractivity contribution in [3.05, 3.63) is 127 Å². The summed E-state index contributed by atoms with van der Waals surface area (Å²) < 4.78 is 0. The van der Waals surface area contributed by atoms with Crippen molar-refractivity contribution in [3.8, 4) is 11.1 Å². The van der Waals surface area contributed by atoms with Crippen LogP contribution in [0.4, 0.5) is 0 Å². The minimum Gasteiger partial charge on any atom is -0.296 e. The Labute approximate surface area is 227 Å². The Bertz CT molecular complexity index is 2090. The van der Waals surface area contributed by atoms with Gasteiger partial charge in [0.2, 0.25) is 0 Å². The molecule has 0 N–H and O–H groups in total. The number of rotatable bonds is 4. The van der Waals surface area contributed by atoms with Crippen molar-refractivity contribution in [3.63, 3.8) is 0 Å². The molecule has 0 amide bonds. The first-order valence-corrected chi connectivity index (χ1v) is 13.1. The predicted molar refractivity (Wildman–Crippen MR) is 171 cm³/mol. The molecule has 0 bridgehead atoms. The van der Waals surface area contributed by atoms with Gasteiger partial charge < -0.3 is 0 Å². The second-order valence-electron chi connectivity index (χ2n) is 9.89. The molecule has 0 aliphatic heterocycles. The lowest BCUT2D eigenvalue weighted by molar-refractivity contribution is 1.47. The van der Waals surface area contributed by atoms with Crippen LogP contribution in [-0.2, 0) is 0 Å². The fraction of sp³-hybridized carbons (Fsp3) is 0.0270. The normalized spacial score (nSPS) is 12.4. The monoisotopic (exact) mass is 498 g/mol. The lowest BCUT2D eigenvalue weighted by Gasteiger charge is -2.20. The number of hydrogen-bond donors (Lipinski definition) is 0. The van der Waals surface area contributed by atoms with E-state index in [9.17, 15) is 0 Å². The molecule has 0 saturated heterocycles. The molecule has 0 radical (unpaired) electrons. The Morgan fingerprint density at radius 3 is 1.67 bits per heavy atom. The zero-order chi connectivity index (χ0) is 26.3. The van der Waals surface area contributed by atoms with Gasteiger partial charge in [0.15, 0.2) is 0 Å². The second-order valence-corrected chi connectivity index (χ2v) is 9.89. The fourth-order valence-corrected chi connectivity index (χ4v) is 6.12. The number of benzene rings is 7. The van der Waals surface area contributed by atoms with E-state index in [4.69, 9.17) is 0 Å². The zero-order valence-electron chi connectivity index (χ0n) is 21.7. The lowest BCUT2D eigenvalue weighted by atomic mass is 9.83. The highest BCUT2D eigenvalue weighted by Crippen LogP contribution is 2.45. The van der Waals surface area contributed by atoms with Crippen molar-refractivity contribution in [2.45, 2.75) is 0 Å². The van der Waals surface area contributed by atoms with E-state index >= 15 is 0 Å². The Morgan fingerprint density at radius 1 is 0.564 bits per heavy atom. The average Bonchev–Trinajstić information content (AvgIpc) is 2.98. The Kier molecular flexibility index (Phi) is 5.53. The van der Waals surface area contributed by atoms with Gasteiger partial charge in [0.1, 0.15) is 0 Å². The molecule has 2 nitrogen and oxygen atoms in total. The SMILES string of the molecule is C=N/C=C(\C=N/C)c1c2ccccc2c(-c2cc3ccccc3c3cc4ccccc4cc23)c2ccccc12. The van der Waals surface area contributed by atoms with Crippen LogP contribution in [-0.4, -0.2) is 20.0 Å². The summed E-state index contributed by atoms with van der Waals surface area (Å²) in [4.78, 5) is 8.47. The van der Waals surface area contributed by atoms with Gasteiger partial charge in [-0.15, -0.1) is 0 Å². The molecule has 7 aromatic carbocycles. The van der Waals surface area contributed by atoms with E-state index < -0.39 is 0 Å². The number of allylic oxidation sites excluding steroid dienone is 1. The molecular formula is C37H26N2. The van der Waals surface area contributed by atoms with Crippen molar-refractivity contribution in [1.29, 1.82) is 0 Å². The van der Waals surface area contributed by atoms with Crippen molar-refractivity contribution < 1.29 is 0 Å². The molecule has 0 aromatic heterocycles. The summed E-state index contributed by atoms with van der Waals surface area (Å²) in [5.74, 6) is 0. The van der Waals surface area contributed by atoms with Crippen LogP contribution in [0.1, 0.15) is 5.56 Å². The van der Waals surface area contributed by atoms with E-state index in [2.05, 4.69) is 132 Å². The van der Waals surface area contributed by atoms with E-state index in [-0.39, 0.29) is 0 Å². The van der Waals surface area contributed by atoms with Crippen molar-refractivity contribution in [2.75, 3.05) is 7.05 Å². The number of fused-ring (bicyclic) bond motifs is 6. The Balaban J connectivity index is 1.72. The van der Waals surface area contributed by atoms with Crippen molar-refractivity contribution >= 4 is 72.4 Å². The van der Waals surface area contributed by atoms with Crippen molar-refractivity contribution in [2.24, 2.45) is 9.98 Å². The molecule has 0 saturated carbocycles. The topological polar surface area (TPSA) is 24.7 Å². The molecule has 2 heteroatoms. The minimum atomic E-state index is 0.945. The van der Waals surface area contributed by atoms with Crippen molar-refractivity contribution in [1.82, 2.24) is 0 Å². The van der Waals surface area contributed by atoms with Gasteiger partial charge in [0.05, 0.1) is 0 Å². The van der Waals surface area contributed by atoms with Crippen LogP contribution < -0.4 is 0 Å². The fourth-order valence-electron chi connectivity index (χ4n) is 6.12. The highest BCUT2D eigenvalue weighted by molar-refractivity contribution is 6.28. The molecule has 0 unspecified atom stereocenters. The highest BCUT2D eigenvalue weighted by atomic mass is 14.7. The van der Waals surface area contributed by atoms with Gasteiger partial charge >= 0.3 is 0 Å². The molecule has 0 aliphatic carbocycles. The molecule has 0 spiro atoms. The maximum atomic E-state index is 4.35. The molecule has 7 aromatic rings. The Hall–Kier alpha value is -5.08. The number of hydrogen-bond acceptors (Lipinski definition) is 2. The van der Waals surface area contributed by atoms with Gasteiger partial charge in [-0.05, 0) is 89.9 Å². The lowest BCUT2D eigenvalue weighted by Crippen LogP contribution is -1.95.